The van der Waals surface area contributed by atoms with Crippen LogP contribution in [-0.2, 0) is 4.79 Å². The van der Waals surface area contributed by atoms with Crippen molar-refractivity contribution in [3.63, 3.8) is 0 Å². The van der Waals surface area contributed by atoms with Crippen LogP contribution in [0.4, 0.5) is 0 Å². The van der Waals surface area contributed by atoms with Gasteiger partial charge < -0.3 is 10.6 Å². The van der Waals surface area contributed by atoms with Crippen LogP contribution < -0.4 is 10.6 Å². The van der Waals surface area contributed by atoms with Crippen LogP contribution in [0.1, 0.15) is 58.3 Å². The molecule has 1 saturated carbocycles. The SMILES string of the molecule is CCCC1CCC(NC(=O)C2CCCNC2)CC1. The van der Waals surface area contributed by atoms with Crippen molar-refractivity contribution in [1.82, 2.24) is 10.6 Å². The van der Waals surface area contributed by atoms with Crippen LogP contribution in [0.15, 0.2) is 0 Å². The van der Waals surface area contributed by atoms with Gasteiger partial charge in [0.2, 0.25) is 5.91 Å². The summed E-state index contributed by atoms with van der Waals surface area (Å²) in [5, 5.41) is 6.59. The lowest BCUT2D eigenvalue weighted by molar-refractivity contribution is -0.126. The van der Waals surface area contributed by atoms with Crippen molar-refractivity contribution in [2.24, 2.45) is 11.8 Å². The normalized spacial score (nSPS) is 33.1. The Hall–Kier alpha value is -0.570. The molecule has 3 heteroatoms. The number of amides is 1. The fourth-order valence-corrected chi connectivity index (χ4v) is 3.40. The van der Waals surface area contributed by atoms with Crippen LogP contribution in [0.25, 0.3) is 0 Å². The summed E-state index contributed by atoms with van der Waals surface area (Å²) in [7, 11) is 0. The molecular weight excluding hydrogens is 224 g/mol. The quantitative estimate of drug-likeness (QED) is 0.807. The molecule has 0 aromatic rings. The third kappa shape index (κ3) is 3.98. The monoisotopic (exact) mass is 252 g/mol. The van der Waals surface area contributed by atoms with Gasteiger partial charge in [-0.1, -0.05) is 19.8 Å². The van der Waals surface area contributed by atoms with Crippen molar-refractivity contribution < 1.29 is 4.79 Å². The van der Waals surface area contributed by atoms with Crippen LogP contribution in [-0.4, -0.2) is 25.0 Å². The molecule has 1 aliphatic heterocycles. The smallest absolute Gasteiger partial charge is 0.224 e. The second-order valence-corrected chi connectivity index (χ2v) is 6.06. The predicted molar refractivity (Wildman–Crippen MR) is 74.4 cm³/mol. The molecule has 1 heterocycles. The number of carbonyl (C=O) groups is 1. The average molecular weight is 252 g/mol. The van der Waals surface area contributed by atoms with Crippen LogP contribution in [0, 0.1) is 11.8 Å². The molecule has 0 aromatic heterocycles. The number of nitrogens with one attached hydrogen (secondary N) is 2. The third-order valence-electron chi connectivity index (χ3n) is 4.56. The summed E-state index contributed by atoms with van der Waals surface area (Å²) >= 11 is 0. The fourth-order valence-electron chi connectivity index (χ4n) is 3.40. The van der Waals surface area contributed by atoms with Crippen molar-refractivity contribution in [2.75, 3.05) is 13.1 Å². The minimum Gasteiger partial charge on any atom is -0.353 e. The minimum atomic E-state index is 0.215. The maximum absolute atomic E-state index is 12.1. The molecule has 1 atom stereocenters. The van der Waals surface area contributed by atoms with Crippen LogP contribution >= 0.6 is 0 Å². The summed E-state index contributed by atoms with van der Waals surface area (Å²) in [6.45, 7) is 4.22. The zero-order valence-electron chi connectivity index (χ0n) is 11.7. The van der Waals surface area contributed by atoms with Crippen LogP contribution in [0.2, 0.25) is 0 Å². The molecule has 1 saturated heterocycles. The van der Waals surface area contributed by atoms with Gasteiger partial charge >= 0.3 is 0 Å². The molecule has 1 aliphatic carbocycles. The lowest BCUT2D eigenvalue weighted by Crippen LogP contribution is -2.45. The van der Waals surface area contributed by atoms with E-state index in [0.717, 1.165) is 31.8 Å². The highest BCUT2D eigenvalue weighted by Gasteiger charge is 2.26. The maximum atomic E-state index is 12.1. The molecule has 1 amide bonds. The highest BCUT2D eigenvalue weighted by atomic mass is 16.2. The van der Waals surface area contributed by atoms with E-state index in [1.807, 2.05) is 0 Å². The number of rotatable bonds is 4. The number of piperidine rings is 1. The Bertz CT molecular complexity index is 253. The molecule has 3 nitrogen and oxygen atoms in total. The van der Waals surface area contributed by atoms with E-state index in [1.54, 1.807) is 0 Å². The molecule has 1 unspecified atom stereocenters. The second kappa shape index (κ2) is 7.13. The number of hydrogen-bond donors (Lipinski definition) is 2. The van der Waals surface area contributed by atoms with E-state index in [9.17, 15) is 4.79 Å². The zero-order valence-corrected chi connectivity index (χ0v) is 11.7. The molecule has 2 aliphatic rings. The standard InChI is InChI=1S/C15H28N2O/c1-2-4-12-6-8-14(9-7-12)17-15(18)13-5-3-10-16-11-13/h12-14,16H,2-11H2,1H3,(H,17,18). The van der Waals surface area contributed by atoms with Crippen molar-refractivity contribution in [3.05, 3.63) is 0 Å². The van der Waals surface area contributed by atoms with E-state index in [2.05, 4.69) is 17.6 Å². The molecule has 0 aromatic carbocycles. The van der Waals surface area contributed by atoms with E-state index in [1.165, 1.54) is 38.5 Å². The first-order valence-electron chi connectivity index (χ1n) is 7.80. The van der Waals surface area contributed by atoms with Gasteiger partial charge in [0.05, 0.1) is 5.92 Å². The lowest BCUT2D eigenvalue weighted by Gasteiger charge is -2.31. The van der Waals surface area contributed by atoms with Crippen molar-refractivity contribution in [2.45, 2.75) is 64.3 Å². The first kappa shape index (κ1) is 13.9. The maximum Gasteiger partial charge on any atom is 0.224 e. The number of carbonyl (C=O) groups excluding carboxylic acids is 1. The molecule has 0 radical (unpaired) electrons. The third-order valence-corrected chi connectivity index (χ3v) is 4.56. The highest BCUT2D eigenvalue weighted by Crippen LogP contribution is 2.28. The summed E-state index contributed by atoms with van der Waals surface area (Å²) in [5.41, 5.74) is 0. The molecule has 2 N–H and O–H groups in total. The second-order valence-electron chi connectivity index (χ2n) is 6.06. The van der Waals surface area contributed by atoms with Gasteiger partial charge in [0, 0.05) is 12.6 Å². The molecule has 0 bridgehead atoms. The van der Waals surface area contributed by atoms with Crippen molar-refractivity contribution >= 4 is 5.91 Å². The van der Waals surface area contributed by atoms with Gasteiger partial charge in [-0.2, -0.15) is 0 Å². The summed E-state index contributed by atoms with van der Waals surface area (Å²) in [6.07, 6.45) is 9.87. The van der Waals surface area contributed by atoms with Gasteiger partial charge in [-0.05, 0) is 51.0 Å². The van der Waals surface area contributed by atoms with Crippen LogP contribution in [0.5, 0.6) is 0 Å². The molecule has 2 fully saturated rings. The summed E-state index contributed by atoms with van der Waals surface area (Å²) in [5.74, 6) is 1.42. The molecular formula is C15H28N2O. The fraction of sp³-hybridized carbons (Fsp3) is 0.933. The molecule has 18 heavy (non-hydrogen) atoms. The summed E-state index contributed by atoms with van der Waals surface area (Å²) in [6, 6.07) is 0.451. The molecule has 0 spiro atoms. The first-order valence-corrected chi connectivity index (χ1v) is 7.80. The van der Waals surface area contributed by atoms with E-state index in [0.29, 0.717) is 11.9 Å². The highest BCUT2D eigenvalue weighted by molar-refractivity contribution is 5.79. The first-order chi connectivity index (χ1) is 8.79. The summed E-state index contributed by atoms with van der Waals surface area (Å²) in [4.78, 5) is 12.1. The summed E-state index contributed by atoms with van der Waals surface area (Å²) < 4.78 is 0. The Morgan fingerprint density at radius 1 is 1.22 bits per heavy atom. The Morgan fingerprint density at radius 2 is 2.00 bits per heavy atom. The number of hydrogen-bond acceptors (Lipinski definition) is 2. The molecule has 2 rings (SSSR count). The Balaban J connectivity index is 1.68. The van der Waals surface area contributed by atoms with Gasteiger partial charge in [-0.15, -0.1) is 0 Å². The Kier molecular flexibility index (Phi) is 5.48. The molecule has 104 valence electrons. The van der Waals surface area contributed by atoms with E-state index < -0.39 is 0 Å². The Labute approximate surface area is 111 Å². The van der Waals surface area contributed by atoms with Crippen molar-refractivity contribution in [1.29, 1.82) is 0 Å². The van der Waals surface area contributed by atoms with E-state index in [-0.39, 0.29) is 5.92 Å². The largest absolute Gasteiger partial charge is 0.353 e. The van der Waals surface area contributed by atoms with Crippen molar-refractivity contribution in [3.8, 4) is 0 Å². The van der Waals surface area contributed by atoms with Gasteiger partial charge in [0.1, 0.15) is 0 Å². The predicted octanol–water partition coefficient (Wildman–Crippen LogP) is 2.46. The zero-order chi connectivity index (χ0) is 12.8. The van der Waals surface area contributed by atoms with Gasteiger partial charge in [-0.25, -0.2) is 0 Å². The van der Waals surface area contributed by atoms with Crippen LogP contribution in [0.3, 0.4) is 0 Å². The van der Waals surface area contributed by atoms with E-state index >= 15 is 0 Å². The van der Waals surface area contributed by atoms with Gasteiger partial charge in [0.25, 0.3) is 0 Å². The average Bonchev–Trinajstić information content (AvgIpc) is 2.42. The Morgan fingerprint density at radius 3 is 2.61 bits per heavy atom. The minimum absolute atomic E-state index is 0.215. The lowest BCUT2D eigenvalue weighted by atomic mass is 9.83. The van der Waals surface area contributed by atoms with E-state index in [4.69, 9.17) is 0 Å². The van der Waals surface area contributed by atoms with Gasteiger partial charge in [0.15, 0.2) is 0 Å². The topological polar surface area (TPSA) is 41.1 Å². The van der Waals surface area contributed by atoms with Gasteiger partial charge in [-0.3, -0.25) is 4.79 Å².